The summed E-state index contributed by atoms with van der Waals surface area (Å²) < 4.78 is 4.82. The second kappa shape index (κ2) is 8.10. The molecule has 0 radical (unpaired) electrons. The van der Waals surface area contributed by atoms with Gasteiger partial charge in [-0.15, -0.1) is 0 Å². The number of nitrogens with zero attached hydrogens (tertiary/aromatic N) is 2. The summed E-state index contributed by atoms with van der Waals surface area (Å²) in [5.41, 5.74) is 0. The fourth-order valence-electron chi connectivity index (χ4n) is 1.23. The Morgan fingerprint density at radius 1 is 1.19 bits per heavy atom. The van der Waals surface area contributed by atoms with Gasteiger partial charge < -0.3 is 9.64 Å². The molecule has 0 fully saturated rings. The van der Waals surface area contributed by atoms with Crippen molar-refractivity contribution in [3.8, 4) is 0 Å². The van der Waals surface area contributed by atoms with Crippen LogP contribution in [-0.4, -0.2) is 62.5 Å². The molecule has 0 aliphatic heterocycles. The van der Waals surface area contributed by atoms with E-state index in [1.54, 1.807) is 25.9 Å². The van der Waals surface area contributed by atoms with Gasteiger partial charge in [0.2, 0.25) is 5.91 Å². The SMILES string of the molecule is CCOC(=O)CN(C)CCCC(=O)N(C)C. The van der Waals surface area contributed by atoms with Gasteiger partial charge in [-0.2, -0.15) is 0 Å². The lowest BCUT2D eigenvalue weighted by atomic mass is 10.2. The molecule has 0 aliphatic carbocycles. The van der Waals surface area contributed by atoms with Gasteiger partial charge in [0, 0.05) is 20.5 Å². The number of carbonyl (C=O) groups excluding carboxylic acids is 2. The number of likely N-dealkylation sites (N-methyl/N-ethyl adjacent to an activating group) is 1. The summed E-state index contributed by atoms with van der Waals surface area (Å²) >= 11 is 0. The number of ether oxygens (including phenoxy) is 1. The predicted molar refractivity (Wildman–Crippen MR) is 62.1 cm³/mol. The third kappa shape index (κ3) is 7.23. The summed E-state index contributed by atoms with van der Waals surface area (Å²) in [4.78, 5) is 25.8. The summed E-state index contributed by atoms with van der Waals surface area (Å²) in [5.74, 6) is -0.103. The molecular formula is C11H22N2O3. The Hall–Kier alpha value is -1.10. The fraction of sp³-hybridized carbons (Fsp3) is 0.818. The second-order valence-electron chi connectivity index (χ2n) is 3.93. The maximum Gasteiger partial charge on any atom is 0.320 e. The molecule has 0 rings (SSSR count). The van der Waals surface area contributed by atoms with Gasteiger partial charge in [-0.1, -0.05) is 0 Å². The van der Waals surface area contributed by atoms with Crippen LogP contribution in [0.15, 0.2) is 0 Å². The quantitative estimate of drug-likeness (QED) is 0.592. The smallest absolute Gasteiger partial charge is 0.320 e. The molecule has 0 aromatic rings. The molecule has 0 aromatic carbocycles. The number of rotatable bonds is 7. The number of carbonyl (C=O) groups is 2. The minimum atomic E-state index is -0.219. The van der Waals surface area contributed by atoms with E-state index in [2.05, 4.69) is 0 Å². The molecule has 0 heterocycles. The molecular weight excluding hydrogens is 208 g/mol. The van der Waals surface area contributed by atoms with Crippen molar-refractivity contribution in [2.75, 3.05) is 40.8 Å². The molecule has 0 aromatic heterocycles. The van der Waals surface area contributed by atoms with Crippen LogP contribution in [-0.2, 0) is 14.3 Å². The van der Waals surface area contributed by atoms with Crippen LogP contribution in [0.1, 0.15) is 19.8 Å². The van der Waals surface area contributed by atoms with Gasteiger partial charge >= 0.3 is 5.97 Å². The van der Waals surface area contributed by atoms with Crippen molar-refractivity contribution in [3.05, 3.63) is 0 Å². The molecule has 94 valence electrons. The zero-order valence-corrected chi connectivity index (χ0v) is 10.7. The maximum atomic E-state index is 11.3. The highest BCUT2D eigenvalue weighted by Crippen LogP contribution is 1.96. The highest BCUT2D eigenvalue weighted by molar-refractivity contribution is 5.75. The van der Waals surface area contributed by atoms with Gasteiger partial charge in [-0.05, 0) is 26.9 Å². The highest BCUT2D eigenvalue weighted by Gasteiger charge is 2.08. The normalized spacial score (nSPS) is 10.3. The van der Waals surface area contributed by atoms with Crippen LogP contribution in [0.4, 0.5) is 0 Å². The Labute approximate surface area is 97.3 Å². The average molecular weight is 230 g/mol. The molecule has 1 amide bonds. The summed E-state index contributed by atoms with van der Waals surface area (Å²) in [7, 11) is 5.33. The van der Waals surface area contributed by atoms with Gasteiger partial charge in [-0.3, -0.25) is 14.5 Å². The number of amides is 1. The first-order valence-corrected chi connectivity index (χ1v) is 5.51. The number of hydrogen-bond acceptors (Lipinski definition) is 4. The van der Waals surface area contributed by atoms with Crippen LogP contribution in [0.2, 0.25) is 0 Å². The topological polar surface area (TPSA) is 49.9 Å². The van der Waals surface area contributed by atoms with Crippen molar-refractivity contribution in [3.63, 3.8) is 0 Å². The van der Waals surface area contributed by atoms with Crippen LogP contribution < -0.4 is 0 Å². The van der Waals surface area contributed by atoms with Crippen molar-refractivity contribution in [1.82, 2.24) is 9.80 Å². The Bertz CT molecular complexity index is 229. The molecule has 0 unspecified atom stereocenters. The van der Waals surface area contributed by atoms with Crippen LogP contribution in [0.5, 0.6) is 0 Å². The molecule has 0 N–H and O–H groups in total. The molecule has 0 aliphatic rings. The third-order valence-electron chi connectivity index (χ3n) is 2.13. The van der Waals surface area contributed by atoms with E-state index in [9.17, 15) is 9.59 Å². The lowest BCUT2D eigenvalue weighted by Crippen LogP contribution is -2.29. The minimum absolute atomic E-state index is 0.115. The van der Waals surface area contributed by atoms with Gasteiger partial charge in [0.25, 0.3) is 0 Å². The second-order valence-corrected chi connectivity index (χ2v) is 3.93. The highest BCUT2D eigenvalue weighted by atomic mass is 16.5. The van der Waals surface area contributed by atoms with Crippen molar-refractivity contribution in [1.29, 1.82) is 0 Å². The molecule has 0 spiro atoms. The first kappa shape index (κ1) is 14.9. The molecule has 0 saturated heterocycles. The van der Waals surface area contributed by atoms with Gasteiger partial charge in [0.15, 0.2) is 0 Å². The van der Waals surface area contributed by atoms with E-state index in [1.165, 1.54) is 0 Å². The zero-order valence-electron chi connectivity index (χ0n) is 10.7. The lowest BCUT2D eigenvalue weighted by molar-refractivity contribution is -0.144. The van der Waals surface area contributed by atoms with Crippen molar-refractivity contribution < 1.29 is 14.3 Å². The third-order valence-corrected chi connectivity index (χ3v) is 2.13. The average Bonchev–Trinajstić information content (AvgIpc) is 2.17. The predicted octanol–water partition coefficient (Wildman–Crippen LogP) is 0.350. The lowest BCUT2D eigenvalue weighted by Gasteiger charge is -2.16. The van der Waals surface area contributed by atoms with Crippen LogP contribution in [0.25, 0.3) is 0 Å². The monoisotopic (exact) mass is 230 g/mol. The Morgan fingerprint density at radius 2 is 1.81 bits per heavy atom. The van der Waals surface area contributed by atoms with E-state index in [0.29, 0.717) is 13.0 Å². The maximum absolute atomic E-state index is 11.3. The van der Waals surface area contributed by atoms with Crippen molar-refractivity contribution >= 4 is 11.9 Å². The van der Waals surface area contributed by atoms with Crippen LogP contribution >= 0.6 is 0 Å². The molecule has 0 atom stereocenters. The van der Waals surface area contributed by atoms with E-state index in [4.69, 9.17) is 4.74 Å². The summed E-state index contributed by atoms with van der Waals surface area (Å²) in [5, 5.41) is 0. The van der Waals surface area contributed by atoms with E-state index in [-0.39, 0.29) is 18.4 Å². The summed E-state index contributed by atoms with van der Waals surface area (Å²) in [6.45, 7) is 3.20. The summed E-state index contributed by atoms with van der Waals surface area (Å²) in [6, 6.07) is 0. The molecule has 5 nitrogen and oxygen atoms in total. The van der Waals surface area contributed by atoms with E-state index in [1.807, 2.05) is 11.9 Å². The summed E-state index contributed by atoms with van der Waals surface area (Å²) in [6.07, 6.45) is 1.27. The number of esters is 1. The van der Waals surface area contributed by atoms with E-state index in [0.717, 1.165) is 13.0 Å². The van der Waals surface area contributed by atoms with Crippen molar-refractivity contribution in [2.45, 2.75) is 19.8 Å². The largest absolute Gasteiger partial charge is 0.465 e. The zero-order chi connectivity index (χ0) is 12.6. The Morgan fingerprint density at radius 3 is 2.31 bits per heavy atom. The molecule has 16 heavy (non-hydrogen) atoms. The van der Waals surface area contributed by atoms with Crippen molar-refractivity contribution in [2.24, 2.45) is 0 Å². The molecule has 5 heteroatoms. The van der Waals surface area contributed by atoms with E-state index < -0.39 is 0 Å². The minimum Gasteiger partial charge on any atom is -0.465 e. The molecule has 0 bridgehead atoms. The van der Waals surface area contributed by atoms with Gasteiger partial charge in [0.1, 0.15) is 0 Å². The Kier molecular flexibility index (Phi) is 7.54. The first-order chi connectivity index (χ1) is 7.47. The van der Waals surface area contributed by atoms with Crippen LogP contribution in [0.3, 0.4) is 0 Å². The van der Waals surface area contributed by atoms with Gasteiger partial charge in [-0.25, -0.2) is 0 Å². The number of hydrogen-bond donors (Lipinski definition) is 0. The Balaban J connectivity index is 3.61. The van der Waals surface area contributed by atoms with E-state index >= 15 is 0 Å². The molecule has 0 saturated carbocycles. The standard InChI is InChI=1S/C11H22N2O3/c1-5-16-11(15)9-13(4)8-6-7-10(14)12(2)3/h5-9H2,1-4H3. The fourth-order valence-corrected chi connectivity index (χ4v) is 1.23. The van der Waals surface area contributed by atoms with Crippen LogP contribution in [0, 0.1) is 0 Å². The first-order valence-electron chi connectivity index (χ1n) is 5.51. The van der Waals surface area contributed by atoms with Gasteiger partial charge in [0.05, 0.1) is 13.2 Å².